The third-order valence-electron chi connectivity index (χ3n) is 2.84. The van der Waals surface area contributed by atoms with Gasteiger partial charge in [-0.2, -0.15) is 0 Å². The highest BCUT2D eigenvalue weighted by Crippen LogP contribution is 2.25. The van der Waals surface area contributed by atoms with Crippen LogP contribution in [0.3, 0.4) is 0 Å². The SMILES string of the molecule is COC(=O)c1ccc(-c2c[nH]c(=O)c(C(=O)O)c2)cc1Cl. The van der Waals surface area contributed by atoms with Crippen molar-refractivity contribution in [2.24, 2.45) is 0 Å². The molecule has 0 radical (unpaired) electrons. The van der Waals surface area contributed by atoms with E-state index in [1.807, 2.05) is 0 Å². The second-order valence-electron chi connectivity index (χ2n) is 4.12. The number of H-pyrrole nitrogens is 1. The highest BCUT2D eigenvalue weighted by atomic mass is 35.5. The fourth-order valence-corrected chi connectivity index (χ4v) is 2.04. The van der Waals surface area contributed by atoms with E-state index in [0.717, 1.165) is 0 Å². The van der Waals surface area contributed by atoms with Crippen molar-refractivity contribution in [1.82, 2.24) is 4.98 Å². The van der Waals surface area contributed by atoms with Gasteiger partial charge in [-0.1, -0.05) is 17.7 Å². The van der Waals surface area contributed by atoms with Gasteiger partial charge in [0.25, 0.3) is 5.56 Å². The maximum atomic E-state index is 11.4. The minimum absolute atomic E-state index is 0.169. The zero-order valence-electron chi connectivity index (χ0n) is 10.8. The molecule has 0 aliphatic carbocycles. The maximum absolute atomic E-state index is 11.4. The van der Waals surface area contributed by atoms with Crippen LogP contribution in [0.15, 0.2) is 35.3 Å². The van der Waals surface area contributed by atoms with Gasteiger partial charge in [-0.25, -0.2) is 9.59 Å². The van der Waals surface area contributed by atoms with Crippen LogP contribution in [0, 0.1) is 0 Å². The number of hydrogen-bond acceptors (Lipinski definition) is 4. The summed E-state index contributed by atoms with van der Waals surface area (Å²) in [7, 11) is 1.24. The third kappa shape index (κ3) is 2.95. The molecule has 108 valence electrons. The summed E-state index contributed by atoms with van der Waals surface area (Å²) in [6.07, 6.45) is 1.37. The number of rotatable bonds is 3. The monoisotopic (exact) mass is 307 g/mol. The number of carboxylic acid groups (broad SMARTS) is 1. The van der Waals surface area contributed by atoms with Crippen molar-refractivity contribution in [1.29, 1.82) is 0 Å². The van der Waals surface area contributed by atoms with Crippen molar-refractivity contribution >= 4 is 23.5 Å². The van der Waals surface area contributed by atoms with Crippen molar-refractivity contribution in [3.05, 3.63) is 57.0 Å². The van der Waals surface area contributed by atoms with Gasteiger partial charge in [-0.3, -0.25) is 4.79 Å². The average molecular weight is 308 g/mol. The number of ether oxygens (including phenoxy) is 1. The van der Waals surface area contributed by atoms with Gasteiger partial charge in [0.2, 0.25) is 0 Å². The van der Waals surface area contributed by atoms with E-state index >= 15 is 0 Å². The zero-order valence-corrected chi connectivity index (χ0v) is 11.6. The Kier molecular flexibility index (Phi) is 4.09. The molecular formula is C14H10ClNO5. The van der Waals surface area contributed by atoms with Gasteiger partial charge in [0.05, 0.1) is 17.7 Å². The summed E-state index contributed by atoms with van der Waals surface area (Å²) in [6, 6.07) is 5.78. The molecule has 2 rings (SSSR count). The van der Waals surface area contributed by atoms with Crippen LogP contribution >= 0.6 is 11.6 Å². The minimum Gasteiger partial charge on any atom is -0.477 e. The maximum Gasteiger partial charge on any atom is 0.341 e. The standard InChI is InChI=1S/C14H10ClNO5/c1-21-14(20)9-3-2-7(5-11(9)15)8-4-10(13(18)19)12(17)16-6-8/h2-6H,1H3,(H,16,17)(H,18,19). The Morgan fingerprint density at radius 2 is 1.90 bits per heavy atom. The minimum atomic E-state index is -1.32. The van der Waals surface area contributed by atoms with E-state index in [4.69, 9.17) is 16.7 Å². The number of nitrogens with one attached hydrogen (secondary N) is 1. The van der Waals surface area contributed by atoms with E-state index in [2.05, 4.69) is 9.72 Å². The smallest absolute Gasteiger partial charge is 0.341 e. The van der Waals surface area contributed by atoms with Gasteiger partial charge < -0.3 is 14.8 Å². The Morgan fingerprint density at radius 1 is 1.19 bits per heavy atom. The number of aromatic carboxylic acids is 1. The van der Waals surface area contributed by atoms with Crippen molar-refractivity contribution < 1.29 is 19.4 Å². The molecular weight excluding hydrogens is 298 g/mol. The van der Waals surface area contributed by atoms with Gasteiger partial charge in [0.15, 0.2) is 0 Å². The molecule has 0 amide bonds. The summed E-state index contributed by atoms with van der Waals surface area (Å²) in [6.45, 7) is 0. The lowest BCUT2D eigenvalue weighted by Crippen LogP contribution is -2.16. The number of carbonyl (C=O) groups is 2. The van der Waals surface area contributed by atoms with E-state index in [9.17, 15) is 14.4 Å². The summed E-state index contributed by atoms with van der Waals surface area (Å²) in [4.78, 5) is 36.1. The highest BCUT2D eigenvalue weighted by Gasteiger charge is 2.14. The molecule has 0 bridgehead atoms. The second kappa shape index (κ2) is 5.80. The number of pyridine rings is 1. The number of aromatic nitrogens is 1. The highest BCUT2D eigenvalue weighted by molar-refractivity contribution is 6.33. The molecule has 0 atom stereocenters. The van der Waals surface area contributed by atoms with E-state index in [-0.39, 0.29) is 16.1 Å². The first-order chi connectivity index (χ1) is 9.93. The van der Waals surface area contributed by atoms with E-state index < -0.39 is 17.5 Å². The Morgan fingerprint density at radius 3 is 2.48 bits per heavy atom. The van der Waals surface area contributed by atoms with Gasteiger partial charge >= 0.3 is 11.9 Å². The van der Waals surface area contributed by atoms with Crippen molar-refractivity contribution in [2.45, 2.75) is 0 Å². The molecule has 6 nitrogen and oxygen atoms in total. The number of methoxy groups -OCH3 is 1. The molecule has 0 saturated carbocycles. The summed E-state index contributed by atoms with van der Waals surface area (Å²) >= 11 is 6.00. The molecule has 21 heavy (non-hydrogen) atoms. The fraction of sp³-hybridized carbons (Fsp3) is 0.0714. The van der Waals surface area contributed by atoms with Crippen molar-refractivity contribution in [3.8, 4) is 11.1 Å². The first-order valence-corrected chi connectivity index (χ1v) is 6.16. The van der Waals surface area contributed by atoms with Crippen LogP contribution in [0.4, 0.5) is 0 Å². The lowest BCUT2D eigenvalue weighted by atomic mass is 10.0. The van der Waals surface area contributed by atoms with E-state index in [1.165, 1.54) is 31.5 Å². The summed E-state index contributed by atoms with van der Waals surface area (Å²) in [5.41, 5.74) is 0.159. The predicted octanol–water partition coefficient (Wildman–Crippen LogP) is 2.18. The molecule has 1 aromatic heterocycles. The van der Waals surface area contributed by atoms with Crippen LogP contribution < -0.4 is 5.56 Å². The van der Waals surface area contributed by atoms with Crippen LogP contribution in [-0.2, 0) is 4.74 Å². The van der Waals surface area contributed by atoms with Crippen LogP contribution in [-0.4, -0.2) is 29.1 Å². The van der Waals surface area contributed by atoms with Gasteiger partial charge in [-0.05, 0) is 29.3 Å². The quantitative estimate of drug-likeness (QED) is 0.847. The van der Waals surface area contributed by atoms with E-state index in [0.29, 0.717) is 11.1 Å². The van der Waals surface area contributed by atoms with Crippen LogP contribution in [0.25, 0.3) is 11.1 Å². The molecule has 1 aromatic carbocycles. The lowest BCUT2D eigenvalue weighted by Gasteiger charge is -2.06. The van der Waals surface area contributed by atoms with Crippen LogP contribution in [0.2, 0.25) is 5.02 Å². The molecule has 2 aromatic rings. The first kappa shape index (κ1) is 14.8. The Hall–Kier alpha value is -2.60. The zero-order chi connectivity index (χ0) is 15.6. The summed E-state index contributed by atoms with van der Waals surface area (Å²) < 4.78 is 4.58. The van der Waals surface area contributed by atoms with Crippen molar-refractivity contribution in [2.75, 3.05) is 7.11 Å². The second-order valence-corrected chi connectivity index (χ2v) is 4.53. The summed E-state index contributed by atoms with van der Waals surface area (Å²) in [5, 5.41) is 9.10. The number of halogens is 1. The number of esters is 1. The Labute approximate surface area is 123 Å². The number of carboxylic acids is 1. The number of benzene rings is 1. The molecule has 0 fully saturated rings. The number of hydrogen-bond donors (Lipinski definition) is 2. The molecule has 0 aliphatic heterocycles. The van der Waals surface area contributed by atoms with Crippen LogP contribution in [0.1, 0.15) is 20.7 Å². The number of carbonyl (C=O) groups excluding carboxylic acids is 1. The molecule has 1 heterocycles. The van der Waals surface area contributed by atoms with Gasteiger partial charge in [0, 0.05) is 6.20 Å². The van der Waals surface area contributed by atoms with Crippen molar-refractivity contribution in [3.63, 3.8) is 0 Å². The Bertz CT molecular complexity index is 781. The first-order valence-electron chi connectivity index (χ1n) is 5.78. The molecule has 0 unspecified atom stereocenters. The third-order valence-corrected chi connectivity index (χ3v) is 3.15. The fourth-order valence-electron chi connectivity index (χ4n) is 1.78. The topological polar surface area (TPSA) is 96.5 Å². The largest absolute Gasteiger partial charge is 0.477 e. The lowest BCUT2D eigenvalue weighted by molar-refractivity contribution is 0.0600. The molecule has 0 saturated heterocycles. The molecule has 2 N–H and O–H groups in total. The normalized spacial score (nSPS) is 10.2. The van der Waals surface area contributed by atoms with Crippen LogP contribution in [0.5, 0.6) is 0 Å². The Balaban J connectivity index is 2.51. The number of aromatic amines is 1. The average Bonchev–Trinajstić information content (AvgIpc) is 2.46. The van der Waals surface area contributed by atoms with Gasteiger partial charge in [0.1, 0.15) is 5.56 Å². The summed E-state index contributed by atoms with van der Waals surface area (Å²) in [5.74, 6) is -1.89. The molecule has 7 heteroatoms. The van der Waals surface area contributed by atoms with Gasteiger partial charge in [-0.15, -0.1) is 0 Å². The molecule has 0 aliphatic rings. The van der Waals surface area contributed by atoms with E-state index in [1.54, 1.807) is 6.07 Å². The predicted molar refractivity (Wildman–Crippen MR) is 75.8 cm³/mol. The molecule has 0 spiro atoms.